The zero-order valence-electron chi connectivity index (χ0n) is 11.6. The number of hydrogen-bond acceptors (Lipinski definition) is 3. The van der Waals surface area contributed by atoms with Gasteiger partial charge in [-0.2, -0.15) is 0 Å². The van der Waals surface area contributed by atoms with E-state index < -0.39 is 0 Å². The van der Waals surface area contributed by atoms with E-state index in [-0.39, 0.29) is 11.7 Å². The van der Waals surface area contributed by atoms with Crippen LogP contribution in [0.3, 0.4) is 0 Å². The summed E-state index contributed by atoms with van der Waals surface area (Å²) in [4.78, 5) is 2.24. The molecule has 0 aliphatic heterocycles. The second-order valence-corrected chi connectivity index (χ2v) is 4.56. The molecule has 0 spiro atoms. The van der Waals surface area contributed by atoms with Crippen LogP contribution in [0.1, 0.15) is 37.8 Å². The summed E-state index contributed by atoms with van der Waals surface area (Å²) in [6, 6.07) is 4.51. The quantitative estimate of drug-likeness (QED) is 0.345. The lowest BCUT2D eigenvalue weighted by Crippen LogP contribution is -2.24. The van der Waals surface area contributed by atoms with Crippen LogP contribution in [-0.4, -0.2) is 29.0 Å². The molecule has 0 atom stereocenters. The number of unbranched alkanes of at least 4 members (excludes halogenated alkanes) is 1. The third-order valence-electron chi connectivity index (χ3n) is 3.04. The number of nitrogens with zero attached hydrogens (tertiary/aromatic N) is 2. The topological polar surface area (TPSA) is 61.8 Å². The highest BCUT2D eigenvalue weighted by Gasteiger charge is 2.08. The van der Waals surface area contributed by atoms with Crippen LogP contribution >= 0.6 is 0 Å². The molecule has 19 heavy (non-hydrogen) atoms. The molecular weight excluding hydrogens is 245 g/mol. The van der Waals surface area contributed by atoms with Crippen LogP contribution in [0, 0.1) is 5.82 Å². The Labute approximate surface area is 113 Å². The van der Waals surface area contributed by atoms with Crippen LogP contribution in [0.15, 0.2) is 23.4 Å². The summed E-state index contributed by atoms with van der Waals surface area (Å²) in [6.07, 6.45) is 2.26. The van der Waals surface area contributed by atoms with E-state index >= 15 is 0 Å². The van der Waals surface area contributed by atoms with Crippen LogP contribution in [0.4, 0.5) is 4.39 Å². The highest BCUT2D eigenvalue weighted by atomic mass is 19.1. The van der Waals surface area contributed by atoms with E-state index in [1.807, 2.05) is 0 Å². The van der Waals surface area contributed by atoms with Crippen molar-refractivity contribution in [3.8, 4) is 0 Å². The molecule has 1 aromatic carbocycles. The van der Waals surface area contributed by atoms with Crippen molar-refractivity contribution in [2.45, 2.75) is 33.2 Å². The second-order valence-electron chi connectivity index (χ2n) is 4.56. The van der Waals surface area contributed by atoms with Gasteiger partial charge in [-0.3, -0.25) is 4.90 Å². The molecule has 0 aliphatic carbocycles. The van der Waals surface area contributed by atoms with Gasteiger partial charge in [0.1, 0.15) is 5.82 Å². The van der Waals surface area contributed by atoms with Gasteiger partial charge in [0.15, 0.2) is 5.84 Å². The fourth-order valence-electron chi connectivity index (χ4n) is 1.94. The van der Waals surface area contributed by atoms with E-state index in [0.717, 1.165) is 31.5 Å². The van der Waals surface area contributed by atoms with Gasteiger partial charge in [0.2, 0.25) is 0 Å². The first-order chi connectivity index (χ1) is 9.10. The highest BCUT2D eigenvalue weighted by molar-refractivity contribution is 5.97. The molecule has 0 amide bonds. The molecule has 0 radical (unpaired) electrons. The van der Waals surface area contributed by atoms with E-state index in [1.54, 1.807) is 6.07 Å². The number of rotatable bonds is 7. The fraction of sp³-hybridized carbons (Fsp3) is 0.500. The van der Waals surface area contributed by atoms with Crippen molar-refractivity contribution in [1.29, 1.82) is 0 Å². The number of hydrogen-bond donors (Lipinski definition) is 2. The van der Waals surface area contributed by atoms with E-state index in [2.05, 4.69) is 23.9 Å². The maximum Gasteiger partial charge on any atom is 0.170 e. The smallest absolute Gasteiger partial charge is 0.170 e. The minimum atomic E-state index is -0.370. The summed E-state index contributed by atoms with van der Waals surface area (Å²) in [5, 5.41) is 11.5. The molecular formula is C14H22FN3O. The Morgan fingerprint density at radius 1 is 1.37 bits per heavy atom. The van der Waals surface area contributed by atoms with E-state index in [1.165, 1.54) is 12.1 Å². The Morgan fingerprint density at radius 2 is 2.11 bits per heavy atom. The first-order valence-corrected chi connectivity index (χ1v) is 6.60. The molecule has 0 bridgehead atoms. The lowest BCUT2D eigenvalue weighted by molar-refractivity contribution is 0.275. The fourth-order valence-corrected chi connectivity index (χ4v) is 1.94. The minimum Gasteiger partial charge on any atom is -0.409 e. The molecule has 0 fully saturated rings. The van der Waals surface area contributed by atoms with Gasteiger partial charge in [-0.05, 0) is 43.3 Å². The molecule has 0 unspecified atom stereocenters. The zero-order valence-corrected chi connectivity index (χ0v) is 11.6. The summed E-state index contributed by atoms with van der Waals surface area (Å²) in [7, 11) is 0. The van der Waals surface area contributed by atoms with E-state index in [0.29, 0.717) is 12.1 Å². The van der Waals surface area contributed by atoms with Gasteiger partial charge < -0.3 is 10.9 Å². The molecule has 0 saturated heterocycles. The van der Waals surface area contributed by atoms with Gasteiger partial charge in [-0.15, -0.1) is 0 Å². The standard InChI is InChI=1S/C14H22FN3O/c1-3-5-6-18(4-2)10-11-7-12(14(16)17-19)9-13(15)8-11/h7-9,19H,3-6,10H2,1-2H3,(H2,16,17). The number of halogens is 1. The van der Waals surface area contributed by atoms with Crippen LogP contribution < -0.4 is 5.73 Å². The predicted molar refractivity (Wildman–Crippen MR) is 74.8 cm³/mol. The first kappa shape index (κ1) is 15.4. The summed E-state index contributed by atoms with van der Waals surface area (Å²) in [6.45, 7) is 6.80. The number of nitrogens with two attached hydrogens (primary N) is 1. The molecule has 0 heterocycles. The van der Waals surface area contributed by atoms with Crippen molar-refractivity contribution in [2.75, 3.05) is 13.1 Å². The average Bonchev–Trinajstić information content (AvgIpc) is 2.41. The second kappa shape index (κ2) is 7.74. The zero-order chi connectivity index (χ0) is 14.3. The van der Waals surface area contributed by atoms with Gasteiger partial charge in [0, 0.05) is 12.1 Å². The number of benzene rings is 1. The molecule has 0 aliphatic rings. The van der Waals surface area contributed by atoms with Gasteiger partial charge in [-0.25, -0.2) is 4.39 Å². The summed E-state index contributed by atoms with van der Waals surface area (Å²) >= 11 is 0. The maximum atomic E-state index is 13.5. The van der Waals surface area contributed by atoms with Crippen molar-refractivity contribution in [3.05, 3.63) is 35.1 Å². The summed E-state index contributed by atoms with van der Waals surface area (Å²) < 4.78 is 13.5. The number of oxime groups is 1. The Bertz CT molecular complexity index is 435. The Hall–Kier alpha value is -1.62. The maximum absolute atomic E-state index is 13.5. The van der Waals surface area contributed by atoms with Crippen molar-refractivity contribution >= 4 is 5.84 Å². The van der Waals surface area contributed by atoms with Gasteiger partial charge in [0.05, 0.1) is 0 Å². The monoisotopic (exact) mass is 267 g/mol. The van der Waals surface area contributed by atoms with Crippen LogP contribution in [-0.2, 0) is 6.54 Å². The average molecular weight is 267 g/mol. The molecule has 106 valence electrons. The minimum absolute atomic E-state index is 0.0719. The van der Waals surface area contributed by atoms with Crippen LogP contribution in [0.2, 0.25) is 0 Å². The first-order valence-electron chi connectivity index (χ1n) is 6.60. The molecule has 1 aromatic rings. The van der Waals surface area contributed by atoms with Crippen molar-refractivity contribution in [3.63, 3.8) is 0 Å². The van der Waals surface area contributed by atoms with E-state index in [4.69, 9.17) is 10.9 Å². The van der Waals surface area contributed by atoms with E-state index in [9.17, 15) is 4.39 Å². The summed E-state index contributed by atoms with van der Waals surface area (Å²) in [5.41, 5.74) is 6.73. The highest BCUT2D eigenvalue weighted by Crippen LogP contribution is 2.12. The molecule has 4 nitrogen and oxygen atoms in total. The Morgan fingerprint density at radius 3 is 2.68 bits per heavy atom. The normalized spacial score (nSPS) is 12.1. The molecule has 3 N–H and O–H groups in total. The molecule has 1 rings (SSSR count). The van der Waals surface area contributed by atoms with Crippen molar-refractivity contribution in [2.24, 2.45) is 10.9 Å². The Balaban J connectivity index is 2.85. The van der Waals surface area contributed by atoms with Crippen molar-refractivity contribution in [1.82, 2.24) is 4.90 Å². The summed E-state index contributed by atoms with van der Waals surface area (Å²) in [5.74, 6) is -0.442. The Kier molecular flexibility index (Phi) is 6.29. The lowest BCUT2D eigenvalue weighted by Gasteiger charge is -2.20. The largest absolute Gasteiger partial charge is 0.409 e. The third kappa shape index (κ3) is 4.87. The SMILES string of the molecule is CCCCN(CC)Cc1cc(F)cc(/C(N)=N/O)c1. The van der Waals surface area contributed by atoms with Gasteiger partial charge in [0.25, 0.3) is 0 Å². The molecule has 0 saturated carbocycles. The van der Waals surface area contributed by atoms with Crippen LogP contribution in [0.25, 0.3) is 0 Å². The van der Waals surface area contributed by atoms with Gasteiger partial charge >= 0.3 is 0 Å². The van der Waals surface area contributed by atoms with Crippen molar-refractivity contribution < 1.29 is 9.60 Å². The number of amidine groups is 1. The van der Waals surface area contributed by atoms with Gasteiger partial charge in [-0.1, -0.05) is 25.4 Å². The third-order valence-corrected chi connectivity index (χ3v) is 3.04. The van der Waals surface area contributed by atoms with Crippen LogP contribution in [0.5, 0.6) is 0 Å². The molecule has 5 heteroatoms. The lowest BCUT2D eigenvalue weighted by atomic mass is 10.1. The predicted octanol–water partition coefficient (Wildman–Crippen LogP) is 2.54. The molecule has 0 aromatic heterocycles.